The lowest BCUT2D eigenvalue weighted by Crippen LogP contribution is -2.41. The van der Waals surface area contributed by atoms with Gasteiger partial charge in [-0.05, 0) is 30.5 Å². The largest absolute Gasteiger partial charge is 0.497 e. The third-order valence-corrected chi connectivity index (χ3v) is 4.61. The maximum atomic E-state index is 11.9. The van der Waals surface area contributed by atoms with Crippen molar-refractivity contribution in [2.24, 2.45) is 0 Å². The van der Waals surface area contributed by atoms with Crippen molar-refractivity contribution in [3.05, 3.63) is 29.8 Å². The number of hydrogen-bond donors (Lipinski definition) is 1. The van der Waals surface area contributed by atoms with Crippen molar-refractivity contribution < 1.29 is 17.9 Å². The smallest absolute Gasteiger partial charge is 0.235 e. The lowest BCUT2D eigenvalue weighted by atomic mass is 10.2. The highest BCUT2D eigenvalue weighted by molar-refractivity contribution is 7.88. The van der Waals surface area contributed by atoms with Crippen LogP contribution in [0.3, 0.4) is 0 Å². The first kappa shape index (κ1) is 15.8. The van der Waals surface area contributed by atoms with Gasteiger partial charge in [-0.2, -0.15) is 4.31 Å². The zero-order valence-corrected chi connectivity index (χ0v) is 13.0. The molecular formula is C14H20N2O4S. The first-order valence-corrected chi connectivity index (χ1v) is 8.61. The number of nitrogens with one attached hydrogen (secondary N) is 1. The molecule has 1 aliphatic carbocycles. The zero-order valence-electron chi connectivity index (χ0n) is 12.2. The summed E-state index contributed by atoms with van der Waals surface area (Å²) in [4.78, 5) is 11.9. The van der Waals surface area contributed by atoms with Crippen LogP contribution in [0.5, 0.6) is 5.75 Å². The molecular weight excluding hydrogens is 292 g/mol. The number of sulfonamides is 1. The summed E-state index contributed by atoms with van der Waals surface area (Å²) in [6, 6.07) is 7.33. The highest BCUT2D eigenvalue weighted by atomic mass is 32.2. The molecule has 1 saturated carbocycles. The molecule has 1 fully saturated rings. The Morgan fingerprint density at radius 1 is 1.33 bits per heavy atom. The molecule has 0 aliphatic heterocycles. The Bertz CT molecular complexity index is 594. The van der Waals surface area contributed by atoms with Gasteiger partial charge in [0.15, 0.2) is 0 Å². The van der Waals surface area contributed by atoms with E-state index in [1.54, 1.807) is 7.11 Å². The normalized spacial score (nSPS) is 15.0. The Balaban J connectivity index is 1.86. The van der Waals surface area contributed by atoms with Gasteiger partial charge < -0.3 is 10.1 Å². The number of hydrogen-bond acceptors (Lipinski definition) is 4. The van der Waals surface area contributed by atoms with Gasteiger partial charge in [-0.25, -0.2) is 8.42 Å². The van der Waals surface area contributed by atoms with Crippen LogP contribution in [0.2, 0.25) is 0 Å². The summed E-state index contributed by atoms with van der Waals surface area (Å²) in [5, 5.41) is 2.74. The average Bonchev–Trinajstić information content (AvgIpc) is 3.26. The van der Waals surface area contributed by atoms with E-state index in [1.807, 2.05) is 24.3 Å². The van der Waals surface area contributed by atoms with Crippen LogP contribution in [0.25, 0.3) is 0 Å². The van der Waals surface area contributed by atoms with Crippen LogP contribution in [-0.2, 0) is 21.4 Å². The summed E-state index contributed by atoms with van der Waals surface area (Å²) in [5.41, 5.74) is 0.932. The standard InChI is InChI=1S/C14H20N2O4S/c1-20-13-7-3-11(4-8-13)9-15-14(17)10-16(12-5-6-12)21(2,18)19/h3-4,7-8,12H,5-6,9-10H2,1-2H3,(H,15,17). The SMILES string of the molecule is COc1ccc(CNC(=O)CN(C2CC2)S(C)(=O)=O)cc1. The highest BCUT2D eigenvalue weighted by Gasteiger charge is 2.36. The van der Waals surface area contributed by atoms with E-state index in [0.717, 1.165) is 30.4 Å². The molecule has 0 aromatic heterocycles. The summed E-state index contributed by atoms with van der Waals surface area (Å²) < 4.78 is 29.6. The molecule has 0 radical (unpaired) electrons. The summed E-state index contributed by atoms with van der Waals surface area (Å²) in [6.45, 7) is 0.255. The summed E-state index contributed by atoms with van der Waals surface area (Å²) in [5.74, 6) is 0.463. The summed E-state index contributed by atoms with van der Waals surface area (Å²) >= 11 is 0. The Kier molecular flexibility index (Phi) is 4.84. The fourth-order valence-corrected chi connectivity index (χ4v) is 3.13. The van der Waals surface area contributed by atoms with Gasteiger partial charge in [-0.1, -0.05) is 12.1 Å². The van der Waals surface area contributed by atoms with Gasteiger partial charge >= 0.3 is 0 Å². The number of nitrogens with zero attached hydrogens (tertiary/aromatic N) is 1. The number of carbonyl (C=O) groups excluding carboxylic acids is 1. The first-order chi connectivity index (χ1) is 9.90. The minimum atomic E-state index is -3.33. The van der Waals surface area contributed by atoms with Crippen LogP contribution in [0, 0.1) is 0 Å². The van der Waals surface area contributed by atoms with E-state index in [9.17, 15) is 13.2 Å². The second-order valence-corrected chi connectivity index (χ2v) is 7.10. The molecule has 116 valence electrons. The van der Waals surface area contributed by atoms with E-state index >= 15 is 0 Å². The lowest BCUT2D eigenvalue weighted by molar-refractivity contribution is -0.121. The van der Waals surface area contributed by atoms with Gasteiger partial charge in [-0.15, -0.1) is 0 Å². The molecule has 1 amide bonds. The van der Waals surface area contributed by atoms with E-state index in [0.29, 0.717) is 6.54 Å². The van der Waals surface area contributed by atoms with Gasteiger partial charge in [0.05, 0.1) is 19.9 Å². The van der Waals surface area contributed by atoms with Crippen molar-refractivity contribution in [1.29, 1.82) is 0 Å². The monoisotopic (exact) mass is 312 g/mol. The fraction of sp³-hybridized carbons (Fsp3) is 0.500. The number of benzene rings is 1. The Hall–Kier alpha value is -1.60. The molecule has 21 heavy (non-hydrogen) atoms. The molecule has 0 bridgehead atoms. The molecule has 0 unspecified atom stereocenters. The minimum Gasteiger partial charge on any atom is -0.497 e. The third kappa shape index (κ3) is 4.71. The molecule has 0 heterocycles. The van der Waals surface area contributed by atoms with Crippen LogP contribution < -0.4 is 10.1 Å². The van der Waals surface area contributed by atoms with Crippen LogP contribution >= 0.6 is 0 Å². The molecule has 2 rings (SSSR count). The lowest BCUT2D eigenvalue weighted by Gasteiger charge is -2.18. The third-order valence-electron chi connectivity index (χ3n) is 3.33. The number of amides is 1. The predicted molar refractivity (Wildman–Crippen MR) is 79.4 cm³/mol. The van der Waals surface area contributed by atoms with Gasteiger partial charge in [0.1, 0.15) is 5.75 Å². The van der Waals surface area contributed by atoms with Gasteiger partial charge in [0.25, 0.3) is 0 Å². The number of carbonyl (C=O) groups is 1. The van der Waals surface area contributed by atoms with Crippen LogP contribution in [0.1, 0.15) is 18.4 Å². The first-order valence-electron chi connectivity index (χ1n) is 6.76. The Morgan fingerprint density at radius 2 is 1.95 bits per heavy atom. The number of ether oxygens (including phenoxy) is 1. The second-order valence-electron chi connectivity index (χ2n) is 5.16. The molecule has 1 N–H and O–H groups in total. The average molecular weight is 312 g/mol. The Labute approximate surface area is 125 Å². The van der Waals surface area contributed by atoms with Crippen LogP contribution in [0.4, 0.5) is 0 Å². The summed E-state index contributed by atoms with van der Waals surface area (Å²) in [6.07, 6.45) is 2.81. The maximum absolute atomic E-state index is 11.9. The summed E-state index contributed by atoms with van der Waals surface area (Å²) in [7, 11) is -1.74. The maximum Gasteiger partial charge on any atom is 0.235 e. The second kappa shape index (κ2) is 6.44. The molecule has 1 aliphatic rings. The molecule has 0 saturated heterocycles. The van der Waals surface area contributed by atoms with Gasteiger partial charge in [0, 0.05) is 12.6 Å². The van der Waals surface area contributed by atoms with E-state index < -0.39 is 10.0 Å². The topological polar surface area (TPSA) is 75.7 Å². The molecule has 7 heteroatoms. The van der Waals surface area contributed by atoms with E-state index in [4.69, 9.17) is 4.74 Å². The zero-order chi connectivity index (χ0) is 15.5. The molecule has 1 aromatic rings. The van der Waals surface area contributed by atoms with Gasteiger partial charge in [-0.3, -0.25) is 4.79 Å². The number of rotatable bonds is 7. The highest BCUT2D eigenvalue weighted by Crippen LogP contribution is 2.28. The van der Waals surface area contributed by atoms with Crippen LogP contribution in [0.15, 0.2) is 24.3 Å². The van der Waals surface area contributed by atoms with E-state index in [1.165, 1.54) is 4.31 Å². The molecule has 0 atom stereocenters. The molecule has 6 nitrogen and oxygen atoms in total. The predicted octanol–water partition coefficient (Wildman–Crippen LogP) is 0.735. The van der Waals surface area contributed by atoms with Crippen molar-refractivity contribution in [3.8, 4) is 5.75 Å². The molecule has 0 spiro atoms. The minimum absolute atomic E-state index is 0.00765. The van der Waals surface area contributed by atoms with Crippen molar-refractivity contribution in [3.63, 3.8) is 0 Å². The van der Waals surface area contributed by atoms with E-state index in [2.05, 4.69) is 5.32 Å². The van der Waals surface area contributed by atoms with Crippen molar-refractivity contribution >= 4 is 15.9 Å². The van der Waals surface area contributed by atoms with Crippen molar-refractivity contribution in [2.75, 3.05) is 19.9 Å². The fourth-order valence-electron chi connectivity index (χ4n) is 2.02. The van der Waals surface area contributed by atoms with Crippen molar-refractivity contribution in [2.45, 2.75) is 25.4 Å². The van der Waals surface area contributed by atoms with E-state index in [-0.39, 0.29) is 18.5 Å². The Morgan fingerprint density at radius 3 is 2.43 bits per heavy atom. The number of methoxy groups -OCH3 is 1. The quantitative estimate of drug-likeness (QED) is 0.805. The van der Waals surface area contributed by atoms with Crippen LogP contribution in [-0.4, -0.2) is 44.6 Å². The molecule has 1 aromatic carbocycles. The van der Waals surface area contributed by atoms with Crippen molar-refractivity contribution in [1.82, 2.24) is 9.62 Å². The van der Waals surface area contributed by atoms with Gasteiger partial charge in [0.2, 0.25) is 15.9 Å².